The average molecular weight is 630 g/mol. The number of aliphatic hydroxyl groups excluding tert-OH is 4. The van der Waals surface area contributed by atoms with E-state index in [4.69, 9.17) is 27.0 Å². The number of rotatable bonds is 4. The summed E-state index contributed by atoms with van der Waals surface area (Å²) in [6.45, 7) is -1.05. The highest BCUT2D eigenvalue weighted by Gasteiger charge is 2.45. The van der Waals surface area contributed by atoms with Crippen LogP contribution in [-0.2, 0) is 4.74 Å². The van der Waals surface area contributed by atoms with E-state index in [1.807, 2.05) is 0 Å². The molecule has 4 aromatic heterocycles. The van der Waals surface area contributed by atoms with Gasteiger partial charge < -0.3 is 42.4 Å². The molecule has 16 nitrogen and oxygen atoms in total. The van der Waals surface area contributed by atoms with Gasteiger partial charge in [-0.3, -0.25) is 9.13 Å². The van der Waals surface area contributed by atoms with Gasteiger partial charge in [0, 0.05) is 0 Å². The first-order valence-electron chi connectivity index (χ1n) is 12.2. The zero-order valence-electron chi connectivity index (χ0n) is 21.5. The van der Waals surface area contributed by atoms with Gasteiger partial charge in [0.15, 0.2) is 34.7 Å². The molecule has 0 spiro atoms. The van der Waals surface area contributed by atoms with E-state index in [1.54, 1.807) is 0 Å². The van der Waals surface area contributed by atoms with Crippen LogP contribution in [0.4, 0.5) is 35.1 Å². The third-order valence-electron chi connectivity index (χ3n) is 6.68. The molecule has 2 saturated heterocycles. The number of thioether (sulfide) groups is 1. The maximum atomic E-state index is 13.2. The summed E-state index contributed by atoms with van der Waals surface area (Å²) in [4.78, 5) is 23.4. The molecule has 0 aliphatic carbocycles. The van der Waals surface area contributed by atoms with E-state index in [-0.39, 0.29) is 28.7 Å². The second-order valence-electron chi connectivity index (χ2n) is 9.09. The predicted octanol–water partition coefficient (Wildman–Crippen LogP) is -0.0818. The molecule has 6 rings (SSSR count). The Bertz CT molecular complexity index is 1730. The lowest BCUT2D eigenvalue weighted by molar-refractivity contribution is -0.0416. The molecule has 4 aromatic rings. The number of halogens is 4. The molecule has 10 N–H and O–H groups in total. The maximum absolute atomic E-state index is 13.2. The quantitative estimate of drug-likeness (QED) is 0.146. The van der Waals surface area contributed by atoms with Crippen molar-refractivity contribution in [3.8, 4) is 0 Å². The highest BCUT2D eigenvalue weighted by molar-refractivity contribution is 8.00. The number of ether oxygens (including phenoxy) is 1. The van der Waals surface area contributed by atoms with Crippen molar-refractivity contribution in [2.75, 3.05) is 30.4 Å². The van der Waals surface area contributed by atoms with Crippen LogP contribution in [0.1, 0.15) is 11.6 Å². The topological polar surface area (TPSA) is 255 Å². The number of aromatic nitrogens is 8. The molecule has 2 fully saturated rings. The first-order valence-corrected chi connectivity index (χ1v) is 13.1. The van der Waals surface area contributed by atoms with Crippen LogP contribution in [0.3, 0.4) is 0 Å². The Balaban J connectivity index is 0.000000171. The van der Waals surface area contributed by atoms with E-state index in [1.165, 1.54) is 17.2 Å². The zero-order chi connectivity index (χ0) is 31.2. The number of nitrogens with two attached hydrogens (primary N) is 3. The number of anilines is 3. The minimum Gasteiger partial charge on any atom is -0.395 e. The summed E-state index contributed by atoms with van der Waals surface area (Å²) < 4.78 is 60.4. The Morgan fingerprint density at radius 2 is 1.47 bits per heavy atom. The summed E-state index contributed by atoms with van der Waals surface area (Å²) in [5.74, 6) is -0.0112. The monoisotopic (exact) mass is 629 g/mol. The highest BCUT2D eigenvalue weighted by atomic mass is 32.2. The van der Waals surface area contributed by atoms with Crippen LogP contribution < -0.4 is 17.2 Å². The number of imidazole rings is 2. The minimum atomic E-state index is -2.13. The molecule has 6 atom stereocenters. The van der Waals surface area contributed by atoms with E-state index in [2.05, 4.69) is 29.9 Å². The van der Waals surface area contributed by atoms with Crippen LogP contribution >= 0.6 is 11.8 Å². The van der Waals surface area contributed by atoms with Crippen molar-refractivity contribution < 1.29 is 42.7 Å². The lowest BCUT2D eigenvalue weighted by Crippen LogP contribution is -2.25. The van der Waals surface area contributed by atoms with Crippen LogP contribution in [0.2, 0.25) is 0 Å². The van der Waals surface area contributed by atoms with Crippen molar-refractivity contribution in [1.82, 2.24) is 39.0 Å². The Morgan fingerprint density at radius 3 is 2.07 bits per heavy atom. The van der Waals surface area contributed by atoms with Gasteiger partial charge in [-0.2, -0.15) is 17.6 Å². The molecular formula is C22H23F4N11O5S. The van der Waals surface area contributed by atoms with Crippen molar-refractivity contribution in [2.24, 2.45) is 0 Å². The SMILES string of the molecule is Nc1ncnc2c1nc(N)n2[C@@H]1O[C@H](CO)[C@@H](O)C1=C(F)F.Nc1ncnc2c1ncn2[C@@H]1S[C@H](CO)[C@@H](O)C1=C(F)F. The van der Waals surface area contributed by atoms with E-state index in [0.717, 1.165) is 22.7 Å². The fraction of sp³-hybridized carbons (Fsp3) is 0.364. The molecule has 230 valence electrons. The Hall–Kier alpha value is -4.15. The third kappa shape index (κ3) is 5.19. The van der Waals surface area contributed by atoms with Crippen molar-refractivity contribution in [1.29, 1.82) is 0 Å². The third-order valence-corrected chi connectivity index (χ3v) is 8.18. The van der Waals surface area contributed by atoms with Crippen LogP contribution in [0.15, 0.2) is 42.3 Å². The molecule has 2 aliphatic heterocycles. The first-order chi connectivity index (χ1) is 20.5. The average Bonchev–Trinajstić information content (AvgIpc) is 3.71. The maximum Gasteiger partial charge on any atom is 0.276 e. The molecule has 0 aromatic carbocycles. The summed E-state index contributed by atoms with van der Waals surface area (Å²) in [6.07, 6.45) is -6.19. The fourth-order valence-corrected chi connectivity index (χ4v) is 6.02. The summed E-state index contributed by atoms with van der Waals surface area (Å²) in [7, 11) is 0. The van der Waals surface area contributed by atoms with Gasteiger partial charge in [-0.1, -0.05) is 0 Å². The lowest BCUT2D eigenvalue weighted by Gasteiger charge is -2.15. The molecular weight excluding hydrogens is 606 g/mol. The van der Waals surface area contributed by atoms with E-state index in [9.17, 15) is 32.9 Å². The molecule has 21 heteroatoms. The predicted molar refractivity (Wildman–Crippen MR) is 143 cm³/mol. The van der Waals surface area contributed by atoms with Gasteiger partial charge in [0.1, 0.15) is 35.8 Å². The molecule has 6 heterocycles. The second kappa shape index (κ2) is 11.9. The van der Waals surface area contributed by atoms with Crippen LogP contribution in [-0.4, -0.2) is 96.2 Å². The van der Waals surface area contributed by atoms with Crippen molar-refractivity contribution in [2.45, 2.75) is 35.2 Å². The Morgan fingerprint density at radius 1 is 0.837 bits per heavy atom. The van der Waals surface area contributed by atoms with Crippen molar-refractivity contribution in [3.05, 3.63) is 42.3 Å². The minimum absolute atomic E-state index is 0.0268. The van der Waals surface area contributed by atoms with E-state index >= 15 is 0 Å². The van der Waals surface area contributed by atoms with Gasteiger partial charge in [-0.15, -0.1) is 11.8 Å². The van der Waals surface area contributed by atoms with Crippen molar-refractivity contribution in [3.63, 3.8) is 0 Å². The van der Waals surface area contributed by atoms with E-state index in [0.29, 0.717) is 11.2 Å². The van der Waals surface area contributed by atoms with Gasteiger partial charge in [0.25, 0.3) is 12.2 Å². The number of fused-ring (bicyclic) bond motifs is 2. The van der Waals surface area contributed by atoms with E-state index < -0.39 is 71.7 Å². The summed E-state index contributed by atoms with van der Waals surface area (Å²) >= 11 is 1.02. The molecule has 0 radical (unpaired) electrons. The van der Waals surface area contributed by atoms with Gasteiger partial charge >= 0.3 is 0 Å². The number of hydrogen-bond donors (Lipinski definition) is 7. The normalized spacial score (nSPS) is 25.4. The zero-order valence-corrected chi connectivity index (χ0v) is 22.4. The lowest BCUT2D eigenvalue weighted by atomic mass is 10.1. The van der Waals surface area contributed by atoms with Crippen molar-refractivity contribution >= 4 is 51.7 Å². The van der Waals surface area contributed by atoms with Gasteiger partial charge in [0.05, 0.1) is 42.0 Å². The van der Waals surface area contributed by atoms with Crippen LogP contribution in [0.25, 0.3) is 22.3 Å². The summed E-state index contributed by atoms with van der Waals surface area (Å²) in [5, 5.41) is 36.4. The Labute approximate surface area is 241 Å². The van der Waals surface area contributed by atoms with Gasteiger partial charge in [-0.05, 0) is 0 Å². The molecule has 43 heavy (non-hydrogen) atoms. The molecule has 2 aliphatic rings. The summed E-state index contributed by atoms with van der Waals surface area (Å²) in [5.41, 5.74) is 16.7. The molecule has 0 amide bonds. The van der Waals surface area contributed by atoms with Gasteiger partial charge in [0.2, 0.25) is 5.95 Å². The largest absolute Gasteiger partial charge is 0.395 e. The summed E-state index contributed by atoms with van der Waals surface area (Å²) in [6, 6.07) is 0. The first kappa shape index (κ1) is 30.3. The second-order valence-corrected chi connectivity index (χ2v) is 10.4. The standard InChI is InChI=1S/C11H12F2N6O3.C11H11F2N5O2S/c12-7(13)4-6(21)3(1-20)22-10(4)19-9-5(18-11(19)15)8(14)16-2-17-9;12-8(13)5-7(20)4(1-19)21-11(5)18-3-17-6-9(14)15-2-16-10(6)18/h2-3,6,10,20-21H,1H2,(H2,15,18)(H2,14,16,17);2-4,7,11,19-20H,1H2,(H2,14,15,16)/t3-,6-,10-;4-,7-,11-/m11/s1. The van der Waals surface area contributed by atoms with Crippen LogP contribution in [0, 0.1) is 0 Å². The van der Waals surface area contributed by atoms with Gasteiger partial charge in [-0.25, -0.2) is 29.9 Å². The number of hydrogen-bond acceptors (Lipinski definition) is 15. The smallest absolute Gasteiger partial charge is 0.276 e. The highest BCUT2D eigenvalue weighted by Crippen LogP contribution is 2.48. The number of nitrogens with zero attached hydrogens (tertiary/aromatic N) is 8. The number of nitrogen functional groups attached to an aromatic ring is 3. The number of aliphatic hydroxyl groups is 4. The Kier molecular flexibility index (Phi) is 8.36. The molecule has 0 bridgehead atoms. The molecule has 0 unspecified atom stereocenters. The fourth-order valence-electron chi connectivity index (χ4n) is 4.65. The van der Waals surface area contributed by atoms with Crippen LogP contribution in [0.5, 0.6) is 0 Å². The molecule has 0 saturated carbocycles.